The second kappa shape index (κ2) is 5.13. The van der Waals surface area contributed by atoms with Gasteiger partial charge in [-0.2, -0.15) is 0 Å². The minimum Gasteiger partial charge on any atom is -0.323 e. The number of amidine groups is 1. The Labute approximate surface area is 93.8 Å². The third kappa shape index (κ3) is 2.33. The van der Waals surface area contributed by atoms with Crippen LogP contribution in [-0.4, -0.2) is 29.0 Å². The largest absolute Gasteiger partial charge is 0.323 e. The maximum atomic E-state index is 5.80. The van der Waals surface area contributed by atoms with Crippen LogP contribution in [0.25, 0.3) is 0 Å². The molecule has 0 N–H and O–H groups in total. The van der Waals surface area contributed by atoms with Gasteiger partial charge in [-0.05, 0) is 18.2 Å². The van der Waals surface area contributed by atoms with Gasteiger partial charge >= 0.3 is 0 Å². The molecule has 2 aliphatic heterocycles. The average molecular weight is 239 g/mol. The number of hydrogen-bond donors (Lipinski definition) is 0. The lowest BCUT2D eigenvalue weighted by molar-refractivity contribution is 0.517. The van der Waals surface area contributed by atoms with Gasteiger partial charge in [0, 0.05) is 18.8 Å². The Morgan fingerprint density at radius 3 is 3.15 bits per heavy atom. The van der Waals surface area contributed by atoms with Crippen molar-refractivity contribution in [1.82, 2.24) is 4.90 Å². The number of alkyl halides is 1. The summed E-state index contributed by atoms with van der Waals surface area (Å²) in [6, 6.07) is 0. The molecular formula is C8H12Cl2N2S. The Hall–Kier alpha value is 0.140. The summed E-state index contributed by atoms with van der Waals surface area (Å²) in [6.45, 7) is 2.06. The van der Waals surface area contributed by atoms with E-state index in [1.807, 2.05) is 0 Å². The molecule has 13 heavy (non-hydrogen) atoms. The third-order valence-electron chi connectivity index (χ3n) is 2.05. The quantitative estimate of drug-likeness (QED) is 0.654. The number of thioether (sulfide) groups is 1. The van der Waals surface area contributed by atoms with Gasteiger partial charge in [-0.3, -0.25) is 4.99 Å². The van der Waals surface area contributed by atoms with E-state index in [9.17, 15) is 0 Å². The molecule has 0 aliphatic carbocycles. The molecule has 0 spiro atoms. The van der Waals surface area contributed by atoms with Crippen molar-refractivity contribution in [2.24, 2.45) is 4.99 Å². The molecule has 2 aliphatic rings. The van der Waals surface area contributed by atoms with Crippen molar-refractivity contribution < 1.29 is 0 Å². The van der Waals surface area contributed by atoms with Gasteiger partial charge in [-0.15, -0.1) is 24.0 Å². The summed E-state index contributed by atoms with van der Waals surface area (Å²) in [5.41, 5.74) is 1.21. The fourth-order valence-electron chi connectivity index (χ4n) is 1.39. The van der Waals surface area contributed by atoms with E-state index in [1.165, 1.54) is 18.5 Å². The van der Waals surface area contributed by atoms with E-state index in [-0.39, 0.29) is 12.4 Å². The molecule has 74 valence electrons. The second-order valence-corrected chi connectivity index (χ2v) is 3.99. The molecule has 0 aromatic carbocycles. The summed E-state index contributed by atoms with van der Waals surface area (Å²) in [5, 5.41) is 3.25. The number of fused-ring (bicyclic) bond motifs is 1. The lowest BCUT2D eigenvalue weighted by Crippen LogP contribution is -2.24. The van der Waals surface area contributed by atoms with E-state index in [1.54, 1.807) is 11.8 Å². The molecule has 2 heterocycles. The van der Waals surface area contributed by atoms with Crippen LogP contribution in [0.15, 0.2) is 16.1 Å². The zero-order chi connectivity index (χ0) is 8.39. The number of allylic oxidation sites excluding steroid dienone is 1. The first kappa shape index (κ1) is 11.2. The van der Waals surface area contributed by atoms with Crippen LogP contribution in [0.5, 0.6) is 0 Å². The first-order chi connectivity index (χ1) is 5.92. The fraction of sp³-hybridized carbons (Fsp3) is 0.625. The van der Waals surface area contributed by atoms with E-state index in [4.69, 9.17) is 11.6 Å². The number of nitrogens with zero attached hydrogens (tertiary/aromatic N) is 2. The predicted molar refractivity (Wildman–Crippen MR) is 61.9 cm³/mol. The number of hydrogen-bond acceptors (Lipinski definition) is 3. The molecule has 0 atom stereocenters. The predicted octanol–water partition coefficient (Wildman–Crippen LogP) is 2.69. The van der Waals surface area contributed by atoms with Gasteiger partial charge < -0.3 is 4.90 Å². The lowest BCUT2D eigenvalue weighted by atomic mass is 10.3. The highest BCUT2D eigenvalue weighted by Gasteiger charge is 2.22. The average Bonchev–Trinajstić information content (AvgIpc) is 2.33. The van der Waals surface area contributed by atoms with E-state index < -0.39 is 0 Å². The number of halogens is 2. The van der Waals surface area contributed by atoms with Gasteiger partial charge in [0.25, 0.3) is 0 Å². The Morgan fingerprint density at radius 1 is 1.54 bits per heavy atom. The zero-order valence-corrected chi connectivity index (χ0v) is 9.59. The van der Waals surface area contributed by atoms with E-state index in [2.05, 4.69) is 15.3 Å². The molecule has 0 amide bonds. The van der Waals surface area contributed by atoms with Crippen molar-refractivity contribution in [2.45, 2.75) is 12.8 Å². The van der Waals surface area contributed by atoms with Crippen molar-refractivity contribution in [3.05, 3.63) is 11.1 Å². The topological polar surface area (TPSA) is 15.6 Å². The molecule has 0 aromatic rings. The monoisotopic (exact) mass is 238 g/mol. The molecule has 0 saturated carbocycles. The summed E-state index contributed by atoms with van der Waals surface area (Å²) < 4.78 is 0. The van der Waals surface area contributed by atoms with Crippen LogP contribution in [0.2, 0.25) is 0 Å². The maximum Gasteiger partial charge on any atom is 0.167 e. The molecule has 0 aromatic heterocycles. The Balaban J connectivity index is 0.000000845. The smallest absolute Gasteiger partial charge is 0.167 e. The van der Waals surface area contributed by atoms with E-state index in [0.717, 1.165) is 18.3 Å². The van der Waals surface area contributed by atoms with Crippen LogP contribution < -0.4 is 0 Å². The summed E-state index contributed by atoms with van der Waals surface area (Å²) in [7, 11) is 0. The highest BCUT2D eigenvalue weighted by Crippen LogP contribution is 2.28. The van der Waals surface area contributed by atoms with E-state index in [0.29, 0.717) is 5.88 Å². The molecule has 0 saturated heterocycles. The lowest BCUT2D eigenvalue weighted by Gasteiger charge is -2.18. The Morgan fingerprint density at radius 2 is 2.38 bits per heavy atom. The van der Waals surface area contributed by atoms with Crippen molar-refractivity contribution in [1.29, 1.82) is 0 Å². The van der Waals surface area contributed by atoms with Crippen LogP contribution in [0, 0.1) is 0 Å². The van der Waals surface area contributed by atoms with Crippen LogP contribution in [0.1, 0.15) is 12.8 Å². The van der Waals surface area contributed by atoms with Gasteiger partial charge in [-0.1, -0.05) is 11.8 Å². The van der Waals surface area contributed by atoms with Crippen molar-refractivity contribution in [3.63, 3.8) is 0 Å². The van der Waals surface area contributed by atoms with Gasteiger partial charge in [0.15, 0.2) is 5.17 Å². The fourth-order valence-corrected chi connectivity index (χ4v) is 2.66. The molecule has 2 nitrogen and oxygen atoms in total. The molecular weight excluding hydrogens is 227 g/mol. The van der Waals surface area contributed by atoms with Crippen LogP contribution in [-0.2, 0) is 0 Å². The molecule has 5 heteroatoms. The normalized spacial score (nSPS) is 21.2. The number of rotatable bonds is 1. The van der Waals surface area contributed by atoms with Gasteiger partial charge in [-0.25, -0.2) is 0 Å². The maximum absolute atomic E-state index is 5.80. The van der Waals surface area contributed by atoms with Crippen LogP contribution >= 0.6 is 35.8 Å². The minimum absolute atomic E-state index is 0. The zero-order valence-electron chi connectivity index (χ0n) is 7.20. The van der Waals surface area contributed by atoms with Gasteiger partial charge in [0.2, 0.25) is 0 Å². The SMILES string of the molecule is Cl.ClCC1=CSC2=NCCCCN12. The molecule has 0 radical (unpaired) electrons. The first-order valence-electron chi connectivity index (χ1n) is 4.15. The Bertz CT molecular complexity index is 240. The molecule has 0 bridgehead atoms. The summed E-state index contributed by atoms with van der Waals surface area (Å²) in [4.78, 5) is 6.72. The highest BCUT2D eigenvalue weighted by atomic mass is 35.5. The molecule has 0 unspecified atom stereocenters. The van der Waals surface area contributed by atoms with Crippen molar-refractivity contribution in [3.8, 4) is 0 Å². The van der Waals surface area contributed by atoms with Crippen LogP contribution in [0.4, 0.5) is 0 Å². The summed E-state index contributed by atoms with van der Waals surface area (Å²) in [6.07, 6.45) is 2.43. The van der Waals surface area contributed by atoms with Crippen LogP contribution in [0.3, 0.4) is 0 Å². The van der Waals surface area contributed by atoms with Gasteiger partial charge in [0.05, 0.1) is 5.88 Å². The summed E-state index contributed by atoms with van der Waals surface area (Å²) in [5.74, 6) is 0.603. The molecule has 2 rings (SSSR count). The van der Waals surface area contributed by atoms with E-state index >= 15 is 0 Å². The molecule has 0 fully saturated rings. The number of aliphatic imine (C=N–C) groups is 1. The Kier molecular flexibility index (Phi) is 4.42. The highest BCUT2D eigenvalue weighted by molar-refractivity contribution is 8.16. The van der Waals surface area contributed by atoms with Crippen molar-refractivity contribution in [2.75, 3.05) is 19.0 Å². The third-order valence-corrected chi connectivity index (χ3v) is 3.28. The first-order valence-corrected chi connectivity index (χ1v) is 5.57. The summed E-state index contributed by atoms with van der Waals surface area (Å²) >= 11 is 7.50. The standard InChI is InChI=1S/C8H11ClN2S.ClH/c9-5-7-6-12-8-10-3-1-2-4-11(7)8;/h6H,1-5H2;1H. The second-order valence-electron chi connectivity index (χ2n) is 2.88. The minimum atomic E-state index is 0. The van der Waals surface area contributed by atoms with Gasteiger partial charge in [0.1, 0.15) is 0 Å². The van der Waals surface area contributed by atoms with Crippen molar-refractivity contribution >= 4 is 40.9 Å².